The molecule has 0 spiro atoms. The van der Waals surface area contributed by atoms with Gasteiger partial charge in [-0.1, -0.05) is 19.6 Å². The highest BCUT2D eigenvalue weighted by molar-refractivity contribution is 6.79. The summed E-state index contributed by atoms with van der Waals surface area (Å²) < 4.78 is 0. The molecule has 0 aliphatic carbocycles. The Morgan fingerprint density at radius 1 is 0.824 bits per heavy atom. The Kier molecular flexibility index (Phi) is 3.92. The number of nitrogens with zero attached hydrogens (tertiary/aromatic N) is 5. The van der Waals surface area contributed by atoms with Gasteiger partial charge in [0.2, 0.25) is 17.8 Å². The second-order valence-corrected chi connectivity index (χ2v) is 10.2. The molecule has 1 heterocycles. The molecule has 0 radical (unpaired) electrons. The summed E-state index contributed by atoms with van der Waals surface area (Å²) in [6, 6.07) is 0. The van der Waals surface area contributed by atoms with E-state index in [0.29, 0.717) is 17.8 Å². The smallest absolute Gasteiger partial charge is 0.231 e. The van der Waals surface area contributed by atoms with Crippen LogP contribution in [0.4, 0.5) is 17.8 Å². The standard InChI is InChI=1S/C10H22N6Si/c1-15(2)9-11-8(14-17(5,6)7)12-10(13-9)16(3)4/h1-7H3,(H,11,12,13,14). The SMILES string of the molecule is CN(C)c1nc(N[Si](C)(C)C)nc(N(C)C)n1. The molecule has 0 atom stereocenters. The zero-order valence-electron chi connectivity index (χ0n) is 11.7. The summed E-state index contributed by atoms with van der Waals surface area (Å²) in [7, 11) is 6.24. The molecule has 0 bridgehead atoms. The second-order valence-electron chi connectivity index (χ2n) is 5.42. The molecule has 0 aliphatic heterocycles. The third-order valence-corrected chi connectivity index (χ3v) is 2.87. The molecule has 1 aromatic heterocycles. The van der Waals surface area contributed by atoms with Crippen molar-refractivity contribution in [3.63, 3.8) is 0 Å². The van der Waals surface area contributed by atoms with E-state index in [4.69, 9.17) is 0 Å². The summed E-state index contributed by atoms with van der Waals surface area (Å²) in [6.45, 7) is 6.63. The normalized spacial score (nSPS) is 11.2. The molecule has 1 N–H and O–H groups in total. The van der Waals surface area contributed by atoms with E-state index in [1.54, 1.807) is 0 Å². The van der Waals surface area contributed by atoms with Crippen molar-refractivity contribution in [2.24, 2.45) is 0 Å². The Balaban J connectivity index is 3.13. The van der Waals surface area contributed by atoms with Crippen molar-refractivity contribution in [1.82, 2.24) is 15.0 Å². The van der Waals surface area contributed by atoms with Crippen LogP contribution in [0.2, 0.25) is 19.6 Å². The Hall–Kier alpha value is -1.37. The van der Waals surface area contributed by atoms with Crippen molar-refractivity contribution in [3.8, 4) is 0 Å². The second kappa shape index (κ2) is 4.87. The van der Waals surface area contributed by atoms with Gasteiger partial charge < -0.3 is 14.8 Å². The van der Waals surface area contributed by atoms with Gasteiger partial charge in [-0.25, -0.2) is 0 Å². The number of anilines is 3. The maximum Gasteiger partial charge on any atom is 0.231 e. The van der Waals surface area contributed by atoms with Crippen molar-refractivity contribution in [3.05, 3.63) is 0 Å². The average Bonchev–Trinajstić information content (AvgIpc) is 2.14. The van der Waals surface area contributed by atoms with Gasteiger partial charge in [-0.15, -0.1) is 0 Å². The van der Waals surface area contributed by atoms with E-state index in [-0.39, 0.29) is 0 Å². The predicted octanol–water partition coefficient (Wildman–Crippen LogP) is 1.25. The van der Waals surface area contributed by atoms with Crippen LogP contribution in [0, 0.1) is 0 Å². The van der Waals surface area contributed by atoms with Crippen LogP contribution in [0.3, 0.4) is 0 Å². The van der Waals surface area contributed by atoms with E-state index in [1.807, 2.05) is 38.0 Å². The number of hydrogen-bond acceptors (Lipinski definition) is 6. The fourth-order valence-electron chi connectivity index (χ4n) is 1.15. The molecule has 1 rings (SSSR count). The lowest BCUT2D eigenvalue weighted by atomic mass is 10.7. The maximum atomic E-state index is 4.40. The van der Waals surface area contributed by atoms with E-state index in [9.17, 15) is 0 Å². The van der Waals surface area contributed by atoms with E-state index in [1.165, 1.54) is 0 Å². The quantitative estimate of drug-likeness (QED) is 0.816. The van der Waals surface area contributed by atoms with Gasteiger partial charge in [0.25, 0.3) is 0 Å². The summed E-state index contributed by atoms with van der Waals surface area (Å²) in [4.78, 5) is 20.3. The first-order valence-corrected chi connectivity index (χ1v) is 9.08. The van der Waals surface area contributed by atoms with Crippen LogP contribution in [0.25, 0.3) is 0 Å². The van der Waals surface area contributed by atoms with Crippen molar-refractivity contribution >= 4 is 26.1 Å². The zero-order valence-corrected chi connectivity index (χ0v) is 12.7. The van der Waals surface area contributed by atoms with Gasteiger partial charge in [0.15, 0.2) is 0 Å². The molecule has 0 amide bonds. The molecule has 1 aromatic rings. The molecule has 0 fully saturated rings. The predicted molar refractivity (Wildman–Crippen MR) is 75.4 cm³/mol. The summed E-state index contributed by atoms with van der Waals surface area (Å²) in [5.41, 5.74) is 0. The molecular formula is C10H22N6Si. The molecule has 17 heavy (non-hydrogen) atoms. The summed E-state index contributed by atoms with van der Waals surface area (Å²) >= 11 is 0. The van der Waals surface area contributed by atoms with Crippen LogP contribution >= 0.6 is 0 Å². The largest absolute Gasteiger partial charge is 0.380 e. The van der Waals surface area contributed by atoms with Gasteiger partial charge in [0.05, 0.1) is 0 Å². The van der Waals surface area contributed by atoms with Crippen molar-refractivity contribution in [2.45, 2.75) is 19.6 Å². The van der Waals surface area contributed by atoms with Crippen molar-refractivity contribution < 1.29 is 0 Å². The van der Waals surface area contributed by atoms with Crippen LogP contribution in [-0.4, -0.2) is 51.4 Å². The minimum Gasteiger partial charge on any atom is -0.380 e. The number of nitrogens with one attached hydrogen (secondary N) is 1. The molecule has 6 nitrogen and oxygen atoms in total. The van der Waals surface area contributed by atoms with Gasteiger partial charge in [-0.05, 0) is 0 Å². The Morgan fingerprint density at radius 2 is 1.24 bits per heavy atom. The Morgan fingerprint density at radius 3 is 1.53 bits per heavy atom. The third kappa shape index (κ3) is 4.18. The first-order chi connectivity index (χ1) is 7.69. The maximum absolute atomic E-state index is 4.40. The van der Waals surface area contributed by atoms with Crippen molar-refractivity contribution in [1.29, 1.82) is 0 Å². The van der Waals surface area contributed by atoms with Crippen molar-refractivity contribution in [2.75, 3.05) is 43.0 Å². The van der Waals surface area contributed by atoms with Gasteiger partial charge in [0, 0.05) is 28.2 Å². The molecule has 96 valence electrons. The van der Waals surface area contributed by atoms with E-state index in [0.717, 1.165) is 0 Å². The van der Waals surface area contributed by atoms with Crippen LogP contribution in [0.15, 0.2) is 0 Å². The monoisotopic (exact) mass is 254 g/mol. The topological polar surface area (TPSA) is 57.2 Å². The molecule has 0 saturated carbocycles. The average molecular weight is 254 g/mol. The first kappa shape index (κ1) is 13.7. The molecule has 7 heteroatoms. The molecule has 0 aromatic carbocycles. The Labute approximate surface area is 104 Å². The van der Waals surface area contributed by atoms with Gasteiger partial charge in [-0.3, -0.25) is 0 Å². The minimum atomic E-state index is -1.45. The van der Waals surface area contributed by atoms with E-state index < -0.39 is 8.24 Å². The van der Waals surface area contributed by atoms with Crippen LogP contribution in [-0.2, 0) is 0 Å². The molecular weight excluding hydrogens is 232 g/mol. The Bertz CT molecular complexity index is 359. The molecule has 0 aliphatic rings. The molecule has 0 saturated heterocycles. The van der Waals surface area contributed by atoms with Gasteiger partial charge in [-0.2, -0.15) is 15.0 Å². The number of rotatable bonds is 4. The summed E-state index contributed by atoms with van der Waals surface area (Å²) in [6.07, 6.45) is 0. The zero-order chi connectivity index (χ0) is 13.2. The fourth-order valence-corrected chi connectivity index (χ4v) is 1.93. The highest BCUT2D eigenvalue weighted by Gasteiger charge is 2.17. The fraction of sp³-hybridized carbons (Fsp3) is 0.700. The highest BCUT2D eigenvalue weighted by Crippen LogP contribution is 2.15. The van der Waals surface area contributed by atoms with Crippen LogP contribution in [0.5, 0.6) is 0 Å². The van der Waals surface area contributed by atoms with Crippen LogP contribution < -0.4 is 14.8 Å². The first-order valence-electron chi connectivity index (χ1n) is 5.58. The lowest BCUT2D eigenvalue weighted by Crippen LogP contribution is -2.34. The van der Waals surface area contributed by atoms with E-state index in [2.05, 4.69) is 39.6 Å². The highest BCUT2D eigenvalue weighted by atomic mass is 28.3. The van der Waals surface area contributed by atoms with Crippen LogP contribution in [0.1, 0.15) is 0 Å². The third-order valence-electron chi connectivity index (χ3n) is 1.90. The lowest BCUT2D eigenvalue weighted by Gasteiger charge is -2.21. The number of aromatic nitrogens is 3. The van der Waals surface area contributed by atoms with E-state index >= 15 is 0 Å². The summed E-state index contributed by atoms with van der Waals surface area (Å²) in [5.74, 6) is 2.00. The lowest BCUT2D eigenvalue weighted by molar-refractivity contribution is 0.921. The number of hydrogen-bond donors (Lipinski definition) is 1. The minimum absolute atomic E-state index is 0.659. The summed E-state index contributed by atoms with van der Waals surface area (Å²) in [5, 5.41) is 0. The van der Waals surface area contributed by atoms with Gasteiger partial charge in [0.1, 0.15) is 8.24 Å². The molecule has 0 unspecified atom stereocenters. The van der Waals surface area contributed by atoms with Gasteiger partial charge >= 0.3 is 0 Å².